The quantitative estimate of drug-likeness (QED) is 0.449. The van der Waals surface area contributed by atoms with E-state index in [0.29, 0.717) is 47.4 Å². The zero-order valence-electron chi connectivity index (χ0n) is 20.4. The number of aromatic amines is 1. The number of nitrogens with zero attached hydrogens (tertiary/aromatic N) is 2. The molecule has 10 heteroatoms. The molecule has 1 aromatic heterocycles. The molecule has 1 atom stereocenters. The van der Waals surface area contributed by atoms with Crippen LogP contribution in [0.4, 0.5) is 9.18 Å². The maximum absolute atomic E-state index is 13.7. The Morgan fingerprint density at radius 2 is 1.89 bits per heavy atom. The molecule has 4 rings (SSSR count). The zero-order valence-corrected chi connectivity index (χ0v) is 21.1. The molecule has 0 spiro atoms. The van der Waals surface area contributed by atoms with E-state index in [1.807, 2.05) is 20.8 Å². The third-order valence-electron chi connectivity index (χ3n) is 6.41. The summed E-state index contributed by atoms with van der Waals surface area (Å²) in [5, 5.41) is 17.9. The lowest BCUT2D eigenvalue weighted by molar-refractivity contribution is -0.152. The van der Waals surface area contributed by atoms with Crippen LogP contribution in [0.2, 0.25) is 5.02 Å². The van der Waals surface area contributed by atoms with Crippen LogP contribution in [0.5, 0.6) is 0 Å². The van der Waals surface area contributed by atoms with Crippen LogP contribution in [0.1, 0.15) is 50.8 Å². The van der Waals surface area contributed by atoms with Gasteiger partial charge in [0.05, 0.1) is 18.3 Å². The van der Waals surface area contributed by atoms with E-state index < -0.39 is 29.2 Å². The standard InChI is InChI=1S/C26H29ClFN3O5/c1-25(2,3)36-24(34)31-10-8-26(9-11-31,17-4-6-19(28)7-5-17)15-35-22(23(32)33)20-13-18(27)12-16-14-29-30-21(16)20/h4-7,12-14,22H,8-11,15H2,1-3H3,(H,29,30)(H,32,33). The minimum Gasteiger partial charge on any atom is -0.479 e. The van der Waals surface area contributed by atoms with Crippen molar-refractivity contribution in [2.45, 2.75) is 50.7 Å². The Labute approximate surface area is 213 Å². The second-order valence-corrected chi connectivity index (χ2v) is 10.5. The molecule has 0 aliphatic carbocycles. The van der Waals surface area contributed by atoms with Gasteiger partial charge in [-0.25, -0.2) is 14.0 Å². The fraction of sp³-hybridized carbons (Fsp3) is 0.423. The first-order valence-corrected chi connectivity index (χ1v) is 12.1. The molecule has 192 valence electrons. The van der Waals surface area contributed by atoms with Crippen LogP contribution in [0, 0.1) is 5.82 Å². The first-order valence-electron chi connectivity index (χ1n) is 11.7. The van der Waals surface area contributed by atoms with Crippen LogP contribution >= 0.6 is 11.6 Å². The fourth-order valence-corrected chi connectivity index (χ4v) is 4.79. The Hall–Kier alpha value is -3.17. The number of carbonyl (C=O) groups excluding carboxylic acids is 1. The number of ether oxygens (including phenoxy) is 2. The maximum Gasteiger partial charge on any atom is 0.410 e. The number of carbonyl (C=O) groups is 2. The Morgan fingerprint density at radius 1 is 1.22 bits per heavy atom. The van der Waals surface area contributed by atoms with Crippen molar-refractivity contribution in [3.05, 3.63) is 64.6 Å². The third-order valence-corrected chi connectivity index (χ3v) is 6.62. The molecule has 1 aliphatic rings. The van der Waals surface area contributed by atoms with Gasteiger partial charge in [-0.1, -0.05) is 23.7 Å². The van der Waals surface area contributed by atoms with E-state index in [9.17, 15) is 19.1 Å². The molecule has 1 amide bonds. The topological polar surface area (TPSA) is 105 Å². The van der Waals surface area contributed by atoms with Crippen molar-refractivity contribution in [1.82, 2.24) is 15.1 Å². The van der Waals surface area contributed by atoms with Gasteiger partial charge < -0.3 is 19.5 Å². The Bertz CT molecular complexity index is 1250. The van der Waals surface area contributed by atoms with Gasteiger partial charge >= 0.3 is 12.1 Å². The predicted octanol–water partition coefficient (Wildman–Crippen LogP) is 5.47. The average Bonchev–Trinajstić information content (AvgIpc) is 3.27. The lowest BCUT2D eigenvalue weighted by atomic mass is 9.73. The lowest BCUT2D eigenvalue weighted by Crippen LogP contribution is -2.48. The molecule has 1 unspecified atom stereocenters. The molecule has 1 fully saturated rings. The highest BCUT2D eigenvalue weighted by Gasteiger charge is 2.40. The first-order chi connectivity index (χ1) is 17.0. The Balaban J connectivity index is 1.60. The molecule has 1 saturated heterocycles. The van der Waals surface area contributed by atoms with E-state index in [0.717, 1.165) is 5.56 Å². The van der Waals surface area contributed by atoms with Crippen LogP contribution in [-0.2, 0) is 19.7 Å². The Kier molecular flexibility index (Phi) is 7.24. The number of aromatic nitrogens is 2. The number of hydrogen-bond acceptors (Lipinski definition) is 5. The summed E-state index contributed by atoms with van der Waals surface area (Å²) in [6.45, 7) is 6.24. The maximum atomic E-state index is 13.7. The molecule has 8 nitrogen and oxygen atoms in total. The van der Waals surface area contributed by atoms with Crippen molar-refractivity contribution in [3.8, 4) is 0 Å². The number of aliphatic carboxylic acids is 1. The van der Waals surface area contributed by atoms with Crippen LogP contribution in [0.25, 0.3) is 10.9 Å². The first kappa shape index (κ1) is 25.9. The molecule has 0 bridgehead atoms. The molecular weight excluding hydrogens is 489 g/mol. The fourth-order valence-electron chi connectivity index (χ4n) is 4.55. The highest BCUT2D eigenvalue weighted by Crippen LogP contribution is 2.39. The summed E-state index contributed by atoms with van der Waals surface area (Å²) >= 11 is 6.23. The number of piperidine rings is 1. The molecule has 2 aromatic carbocycles. The number of carboxylic acids is 1. The van der Waals surface area contributed by atoms with Gasteiger partial charge in [-0.05, 0) is 63.4 Å². The summed E-state index contributed by atoms with van der Waals surface area (Å²) in [6.07, 6.45) is 0.821. The molecule has 36 heavy (non-hydrogen) atoms. The molecule has 0 radical (unpaired) electrons. The SMILES string of the molecule is CC(C)(C)OC(=O)N1CCC(COC(C(=O)O)c2cc(Cl)cc3cn[nH]c23)(c2ccc(F)cc2)CC1. The van der Waals surface area contributed by atoms with Crippen molar-refractivity contribution in [2.24, 2.45) is 0 Å². The smallest absolute Gasteiger partial charge is 0.410 e. The van der Waals surface area contributed by atoms with E-state index in [2.05, 4.69) is 10.2 Å². The lowest BCUT2D eigenvalue weighted by Gasteiger charge is -2.42. The number of rotatable bonds is 6. The van der Waals surface area contributed by atoms with Crippen molar-refractivity contribution < 1.29 is 28.6 Å². The summed E-state index contributed by atoms with van der Waals surface area (Å²) < 4.78 is 25.3. The van der Waals surface area contributed by atoms with Crippen LogP contribution < -0.4 is 0 Å². The summed E-state index contributed by atoms with van der Waals surface area (Å²) in [5.74, 6) is -1.54. The number of nitrogens with one attached hydrogen (secondary N) is 1. The number of fused-ring (bicyclic) bond motifs is 1. The van der Waals surface area contributed by atoms with Crippen LogP contribution in [-0.4, -0.2) is 57.6 Å². The van der Waals surface area contributed by atoms with E-state index >= 15 is 0 Å². The average molecular weight is 518 g/mol. The van der Waals surface area contributed by atoms with Gasteiger partial charge in [-0.3, -0.25) is 5.10 Å². The highest BCUT2D eigenvalue weighted by atomic mass is 35.5. The van der Waals surface area contributed by atoms with Gasteiger partial charge in [-0.2, -0.15) is 5.10 Å². The minimum atomic E-state index is -1.31. The van der Waals surface area contributed by atoms with Crippen molar-refractivity contribution >= 4 is 34.6 Å². The van der Waals surface area contributed by atoms with Crippen molar-refractivity contribution in [3.63, 3.8) is 0 Å². The number of likely N-dealkylation sites (tertiary alicyclic amines) is 1. The van der Waals surface area contributed by atoms with E-state index in [1.165, 1.54) is 12.1 Å². The monoisotopic (exact) mass is 517 g/mol. The molecule has 1 aliphatic heterocycles. The van der Waals surface area contributed by atoms with Crippen molar-refractivity contribution in [1.29, 1.82) is 0 Å². The molecule has 2 N–H and O–H groups in total. The molecule has 2 heterocycles. The number of H-pyrrole nitrogens is 1. The predicted molar refractivity (Wildman–Crippen MR) is 133 cm³/mol. The summed E-state index contributed by atoms with van der Waals surface area (Å²) in [4.78, 5) is 26.5. The number of halogens is 2. The van der Waals surface area contributed by atoms with Gasteiger partial charge in [0.2, 0.25) is 0 Å². The van der Waals surface area contributed by atoms with Gasteiger partial charge in [-0.15, -0.1) is 0 Å². The van der Waals surface area contributed by atoms with Gasteiger partial charge in [0, 0.05) is 34.5 Å². The van der Waals surface area contributed by atoms with E-state index in [4.69, 9.17) is 21.1 Å². The van der Waals surface area contributed by atoms with Crippen LogP contribution in [0.3, 0.4) is 0 Å². The highest BCUT2D eigenvalue weighted by molar-refractivity contribution is 6.31. The van der Waals surface area contributed by atoms with Crippen molar-refractivity contribution in [2.75, 3.05) is 19.7 Å². The summed E-state index contributed by atoms with van der Waals surface area (Å²) in [6, 6.07) is 9.36. The van der Waals surface area contributed by atoms with Crippen LogP contribution in [0.15, 0.2) is 42.6 Å². The zero-order chi connectivity index (χ0) is 26.1. The molecule has 0 saturated carbocycles. The summed E-state index contributed by atoms with van der Waals surface area (Å²) in [5.41, 5.74) is 0.459. The van der Waals surface area contributed by atoms with E-state index in [-0.39, 0.29) is 12.4 Å². The van der Waals surface area contributed by atoms with Gasteiger partial charge in [0.25, 0.3) is 0 Å². The number of hydrogen-bond donors (Lipinski definition) is 2. The minimum absolute atomic E-state index is 0.0416. The number of carboxylic acid groups (broad SMARTS) is 1. The summed E-state index contributed by atoms with van der Waals surface area (Å²) in [7, 11) is 0. The molecular formula is C26H29ClFN3O5. The van der Waals surface area contributed by atoms with Gasteiger partial charge in [0.1, 0.15) is 11.4 Å². The largest absolute Gasteiger partial charge is 0.479 e. The van der Waals surface area contributed by atoms with Gasteiger partial charge in [0.15, 0.2) is 6.10 Å². The number of amides is 1. The second-order valence-electron chi connectivity index (χ2n) is 10.1. The van der Waals surface area contributed by atoms with E-state index in [1.54, 1.807) is 35.4 Å². The second kappa shape index (κ2) is 10.1. The Morgan fingerprint density at radius 3 is 2.50 bits per heavy atom. The number of benzene rings is 2. The third kappa shape index (κ3) is 5.63. The molecule has 3 aromatic rings. The normalized spacial score (nSPS) is 16.6.